The van der Waals surface area contributed by atoms with Crippen LogP contribution in [-0.4, -0.2) is 47.2 Å². The first kappa shape index (κ1) is 16.8. The Labute approximate surface area is 147 Å². The van der Waals surface area contributed by atoms with E-state index in [1.165, 1.54) is 0 Å². The number of thioether (sulfide) groups is 1. The van der Waals surface area contributed by atoms with Crippen molar-refractivity contribution in [2.45, 2.75) is 24.8 Å². The Bertz CT molecular complexity index is 692. The third-order valence-corrected chi connectivity index (χ3v) is 5.25. The van der Waals surface area contributed by atoms with Gasteiger partial charge in [0.15, 0.2) is 0 Å². The van der Waals surface area contributed by atoms with Crippen molar-refractivity contribution in [3.8, 4) is 0 Å². The minimum atomic E-state index is 0.199. The van der Waals surface area contributed by atoms with Crippen LogP contribution in [0.25, 0.3) is 0 Å². The molecule has 1 amide bonds. The van der Waals surface area contributed by atoms with E-state index in [-0.39, 0.29) is 11.9 Å². The molecular formula is C19H23N3OS. The molecule has 0 bridgehead atoms. The van der Waals surface area contributed by atoms with Crippen LogP contribution in [-0.2, 0) is 4.79 Å². The van der Waals surface area contributed by atoms with Gasteiger partial charge in [0.2, 0.25) is 5.91 Å². The van der Waals surface area contributed by atoms with Gasteiger partial charge in [0.05, 0.1) is 5.75 Å². The standard InChI is InChI=1S/C19H23N3OS/c1-15-7-6-10-18(20-15)21-11-12-22(16(2)13-21)19(23)14-24-17-8-4-3-5-9-17/h3-10,16H,11-14H2,1-2H3. The normalized spacial score (nSPS) is 17.8. The predicted molar refractivity (Wildman–Crippen MR) is 99.5 cm³/mol. The highest BCUT2D eigenvalue weighted by Gasteiger charge is 2.27. The lowest BCUT2D eigenvalue weighted by Gasteiger charge is -2.40. The van der Waals surface area contributed by atoms with Crippen LogP contribution in [0.5, 0.6) is 0 Å². The second-order valence-corrected chi connectivity index (χ2v) is 7.17. The highest BCUT2D eigenvalue weighted by Crippen LogP contribution is 2.21. The van der Waals surface area contributed by atoms with Crippen molar-refractivity contribution in [3.63, 3.8) is 0 Å². The zero-order valence-corrected chi connectivity index (χ0v) is 15.0. The van der Waals surface area contributed by atoms with E-state index in [4.69, 9.17) is 0 Å². The molecule has 1 aliphatic heterocycles. The molecule has 2 aromatic rings. The molecular weight excluding hydrogens is 318 g/mol. The fraction of sp³-hybridized carbons (Fsp3) is 0.368. The molecule has 0 N–H and O–H groups in total. The Balaban J connectivity index is 1.56. The van der Waals surface area contributed by atoms with E-state index in [1.807, 2.05) is 60.4 Å². The number of carbonyl (C=O) groups excluding carboxylic acids is 1. The molecule has 24 heavy (non-hydrogen) atoms. The van der Waals surface area contributed by atoms with Gasteiger partial charge in [-0.05, 0) is 38.1 Å². The summed E-state index contributed by atoms with van der Waals surface area (Å²) in [4.78, 5) is 22.6. The third-order valence-electron chi connectivity index (χ3n) is 4.25. The lowest BCUT2D eigenvalue weighted by Crippen LogP contribution is -2.54. The van der Waals surface area contributed by atoms with Gasteiger partial charge >= 0.3 is 0 Å². The smallest absolute Gasteiger partial charge is 0.233 e. The first-order valence-electron chi connectivity index (χ1n) is 8.29. The summed E-state index contributed by atoms with van der Waals surface area (Å²) >= 11 is 1.61. The van der Waals surface area contributed by atoms with Crippen molar-refractivity contribution < 1.29 is 4.79 Å². The van der Waals surface area contributed by atoms with Crippen molar-refractivity contribution in [1.29, 1.82) is 0 Å². The van der Waals surface area contributed by atoms with Gasteiger partial charge < -0.3 is 9.80 Å². The molecule has 0 radical (unpaired) electrons. The molecule has 1 aromatic heterocycles. The van der Waals surface area contributed by atoms with Crippen molar-refractivity contribution >= 4 is 23.5 Å². The quantitative estimate of drug-likeness (QED) is 0.800. The van der Waals surface area contributed by atoms with Crippen LogP contribution >= 0.6 is 11.8 Å². The Hall–Kier alpha value is -2.01. The number of carbonyl (C=O) groups is 1. The van der Waals surface area contributed by atoms with Gasteiger partial charge in [-0.2, -0.15) is 0 Å². The van der Waals surface area contributed by atoms with E-state index < -0.39 is 0 Å². The maximum Gasteiger partial charge on any atom is 0.233 e. The first-order valence-corrected chi connectivity index (χ1v) is 9.28. The van der Waals surface area contributed by atoms with Crippen LogP contribution in [0.4, 0.5) is 5.82 Å². The van der Waals surface area contributed by atoms with Crippen LogP contribution in [0.1, 0.15) is 12.6 Å². The van der Waals surface area contributed by atoms with Gasteiger partial charge in [-0.1, -0.05) is 24.3 Å². The molecule has 2 heterocycles. The fourth-order valence-electron chi connectivity index (χ4n) is 2.99. The molecule has 1 fully saturated rings. The second-order valence-electron chi connectivity index (χ2n) is 6.12. The number of aryl methyl sites for hydroxylation is 1. The molecule has 1 saturated heterocycles. The van der Waals surface area contributed by atoms with Crippen molar-refractivity contribution in [1.82, 2.24) is 9.88 Å². The Morgan fingerprint density at radius 3 is 2.67 bits per heavy atom. The van der Waals surface area contributed by atoms with Gasteiger partial charge in [0.1, 0.15) is 5.82 Å². The number of pyridine rings is 1. The maximum atomic E-state index is 12.6. The SMILES string of the molecule is Cc1cccc(N2CCN(C(=O)CSc3ccccc3)C(C)C2)n1. The number of nitrogens with zero attached hydrogens (tertiary/aromatic N) is 3. The average Bonchev–Trinajstić information content (AvgIpc) is 2.60. The number of hydrogen-bond acceptors (Lipinski definition) is 4. The zero-order chi connectivity index (χ0) is 16.9. The number of hydrogen-bond donors (Lipinski definition) is 0. The van der Waals surface area contributed by atoms with Crippen molar-refractivity contribution in [2.24, 2.45) is 0 Å². The zero-order valence-electron chi connectivity index (χ0n) is 14.2. The van der Waals surface area contributed by atoms with Crippen molar-refractivity contribution in [2.75, 3.05) is 30.3 Å². The summed E-state index contributed by atoms with van der Waals surface area (Å²) in [5.41, 5.74) is 1.03. The molecule has 4 nitrogen and oxygen atoms in total. The topological polar surface area (TPSA) is 36.4 Å². The Morgan fingerprint density at radius 1 is 1.17 bits per heavy atom. The van der Waals surface area contributed by atoms with E-state index in [1.54, 1.807) is 11.8 Å². The summed E-state index contributed by atoms with van der Waals surface area (Å²) < 4.78 is 0. The van der Waals surface area contributed by atoms with Gasteiger partial charge in [-0.3, -0.25) is 4.79 Å². The average molecular weight is 341 g/mol. The summed E-state index contributed by atoms with van der Waals surface area (Å²) in [7, 11) is 0. The lowest BCUT2D eigenvalue weighted by molar-refractivity contribution is -0.130. The summed E-state index contributed by atoms with van der Waals surface area (Å²) in [5, 5.41) is 0. The number of amides is 1. The van der Waals surface area contributed by atoms with Gasteiger partial charge in [-0.15, -0.1) is 11.8 Å². The molecule has 1 unspecified atom stereocenters. The number of anilines is 1. The molecule has 1 aromatic carbocycles. The van der Waals surface area contributed by atoms with Crippen LogP contribution in [0.15, 0.2) is 53.4 Å². The fourth-order valence-corrected chi connectivity index (χ4v) is 3.79. The minimum Gasteiger partial charge on any atom is -0.353 e. The predicted octanol–water partition coefficient (Wildman–Crippen LogP) is 3.22. The molecule has 0 saturated carbocycles. The van der Waals surface area contributed by atoms with E-state index in [9.17, 15) is 4.79 Å². The van der Waals surface area contributed by atoms with Crippen LogP contribution in [0.3, 0.4) is 0 Å². The maximum absolute atomic E-state index is 12.6. The molecule has 1 atom stereocenters. The van der Waals surface area contributed by atoms with Crippen molar-refractivity contribution in [3.05, 3.63) is 54.2 Å². The van der Waals surface area contributed by atoms with E-state index in [2.05, 4.69) is 16.8 Å². The Morgan fingerprint density at radius 2 is 1.96 bits per heavy atom. The first-order chi connectivity index (χ1) is 11.6. The molecule has 126 valence electrons. The molecule has 3 rings (SSSR count). The highest BCUT2D eigenvalue weighted by molar-refractivity contribution is 8.00. The third kappa shape index (κ3) is 4.09. The van der Waals surface area contributed by atoms with Gasteiger partial charge in [0, 0.05) is 36.3 Å². The number of benzene rings is 1. The van der Waals surface area contributed by atoms with E-state index >= 15 is 0 Å². The Kier molecular flexibility index (Phi) is 5.41. The minimum absolute atomic E-state index is 0.199. The summed E-state index contributed by atoms with van der Waals surface area (Å²) in [5.74, 6) is 1.72. The number of aromatic nitrogens is 1. The molecule has 0 spiro atoms. The number of piperazine rings is 1. The molecule has 1 aliphatic rings. The monoisotopic (exact) mass is 341 g/mol. The number of rotatable bonds is 4. The van der Waals surface area contributed by atoms with Gasteiger partial charge in [-0.25, -0.2) is 4.98 Å². The summed E-state index contributed by atoms with van der Waals surface area (Å²) in [6.45, 7) is 6.55. The summed E-state index contributed by atoms with van der Waals surface area (Å²) in [6.07, 6.45) is 0. The summed E-state index contributed by atoms with van der Waals surface area (Å²) in [6, 6.07) is 16.4. The second kappa shape index (κ2) is 7.71. The largest absolute Gasteiger partial charge is 0.353 e. The lowest BCUT2D eigenvalue weighted by atomic mass is 10.2. The van der Waals surface area contributed by atoms with Crippen LogP contribution < -0.4 is 4.90 Å². The van der Waals surface area contributed by atoms with E-state index in [0.717, 1.165) is 36.0 Å². The molecule has 0 aliphatic carbocycles. The molecule has 5 heteroatoms. The highest BCUT2D eigenvalue weighted by atomic mass is 32.2. The van der Waals surface area contributed by atoms with Crippen LogP contribution in [0.2, 0.25) is 0 Å². The van der Waals surface area contributed by atoms with E-state index in [0.29, 0.717) is 5.75 Å². The van der Waals surface area contributed by atoms with Gasteiger partial charge in [0.25, 0.3) is 0 Å². The van der Waals surface area contributed by atoms with Crippen LogP contribution in [0, 0.1) is 6.92 Å².